The zero-order chi connectivity index (χ0) is 21.0. The van der Waals surface area contributed by atoms with E-state index in [0.717, 1.165) is 0 Å². The fraction of sp³-hybridized carbons (Fsp3) is 0.167. The number of pyridine rings is 1. The van der Waals surface area contributed by atoms with Gasteiger partial charge >= 0.3 is 11.9 Å². The molecule has 28 heavy (non-hydrogen) atoms. The van der Waals surface area contributed by atoms with Crippen molar-refractivity contribution in [3.63, 3.8) is 0 Å². The van der Waals surface area contributed by atoms with Crippen molar-refractivity contribution in [2.24, 2.45) is 0 Å². The molecule has 0 amide bonds. The van der Waals surface area contributed by atoms with E-state index in [2.05, 4.69) is 21.9 Å². The summed E-state index contributed by atoms with van der Waals surface area (Å²) >= 11 is 3.25. The van der Waals surface area contributed by atoms with E-state index in [1.165, 1.54) is 12.1 Å². The quantitative estimate of drug-likeness (QED) is 0.468. The molecule has 146 valence electrons. The van der Waals surface area contributed by atoms with Gasteiger partial charge in [-0.1, -0.05) is 21.9 Å². The van der Waals surface area contributed by atoms with Crippen LogP contribution in [0.25, 0.3) is 11.1 Å². The number of nitrogens with two attached hydrogens (primary N) is 1. The van der Waals surface area contributed by atoms with Crippen molar-refractivity contribution in [2.75, 3.05) is 18.9 Å². The number of carboxylic acid groups (broad SMARTS) is 2. The molecule has 10 heteroatoms. The van der Waals surface area contributed by atoms with Gasteiger partial charge in [0.05, 0.1) is 6.61 Å². The number of hydrogen-bond acceptors (Lipinski definition) is 6. The number of nitrogens with one attached hydrogen (secondary N) is 1. The second-order valence-electron chi connectivity index (χ2n) is 5.31. The minimum absolute atomic E-state index is 0.0510. The van der Waals surface area contributed by atoms with Crippen LogP contribution in [0.15, 0.2) is 21.4 Å². The van der Waals surface area contributed by atoms with Crippen molar-refractivity contribution in [2.45, 2.75) is 6.92 Å². The normalized spacial score (nSPS) is 10.2. The smallest absolute Gasteiger partial charge is 0.342 e. The van der Waals surface area contributed by atoms with Gasteiger partial charge in [0.15, 0.2) is 11.5 Å². The van der Waals surface area contributed by atoms with E-state index in [1.54, 1.807) is 6.92 Å². The van der Waals surface area contributed by atoms with E-state index in [0.29, 0.717) is 0 Å². The van der Waals surface area contributed by atoms with Gasteiger partial charge in [0, 0.05) is 15.6 Å². The zero-order valence-electron chi connectivity index (χ0n) is 14.5. The lowest BCUT2D eigenvalue weighted by Gasteiger charge is -2.17. The zero-order valence-corrected chi connectivity index (χ0v) is 16.1. The van der Waals surface area contributed by atoms with Crippen molar-refractivity contribution in [1.29, 1.82) is 0 Å². The van der Waals surface area contributed by atoms with Gasteiger partial charge in [-0.2, -0.15) is 0 Å². The Morgan fingerprint density at radius 3 is 2.36 bits per heavy atom. The molecule has 0 spiro atoms. The maximum atomic E-state index is 12.2. The number of anilines is 1. The van der Waals surface area contributed by atoms with Crippen LogP contribution in [0.3, 0.4) is 0 Å². The molecule has 1 heterocycles. The van der Waals surface area contributed by atoms with Gasteiger partial charge in [0.1, 0.15) is 23.6 Å². The van der Waals surface area contributed by atoms with E-state index in [4.69, 9.17) is 21.6 Å². The second-order valence-corrected chi connectivity index (χ2v) is 6.16. The molecule has 9 nitrogen and oxygen atoms in total. The first-order valence-corrected chi connectivity index (χ1v) is 8.57. The first-order chi connectivity index (χ1) is 13.2. The first-order valence-electron chi connectivity index (χ1n) is 7.78. The highest BCUT2D eigenvalue weighted by Gasteiger charge is 2.28. The summed E-state index contributed by atoms with van der Waals surface area (Å²) < 4.78 is 11.1. The van der Waals surface area contributed by atoms with Gasteiger partial charge in [-0.15, -0.1) is 6.42 Å². The number of aromatic carboxylic acids is 2. The minimum atomic E-state index is -1.61. The molecule has 0 bridgehead atoms. The molecule has 0 atom stereocenters. The lowest BCUT2D eigenvalue weighted by molar-refractivity contribution is 0.0695. The van der Waals surface area contributed by atoms with E-state index < -0.39 is 34.4 Å². The number of carbonyl (C=O) groups is 2. The molecule has 1 aromatic heterocycles. The SMILES string of the molecule is C#CCOc1cc(Br)c(-c2c(C(=O)O)c(N)[nH]c(=O)c2C(=O)O)cc1OCC. The van der Waals surface area contributed by atoms with Crippen molar-refractivity contribution in [3.05, 3.63) is 38.1 Å². The van der Waals surface area contributed by atoms with Crippen LogP contribution < -0.4 is 20.8 Å². The lowest BCUT2D eigenvalue weighted by Crippen LogP contribution is -2.24. The molecular weight excluding hydrogens is 436 g/mol. The predicted molar refractivity (Wildman–Crippen MR) is 104 cm³/mol. The number of aromatic nitrogens is 1. The van der Waals surface area contributed by atoms with Gasteiger partial charge in [0.2, 0.25) is 0 Å². The first kappa shape index (κ1) is 20.9. The fourth-order valence-corrected chi connectivity index (χ4v) is 3.06. The predicted octanol–water partition coefficient (Wildman–Crippen LogP) is 2.19. The van der Waals surface area contributed by atoms with Crippen LogP contribution in [0.1, 0.15) is 27.6 Å². The summed E-state index contributed by atoms with van der Waals surface area (Å²) in [6, 6.07) is 2.79. The maximum Gasteiger partial charge on any atom is 0.342 e. The highest BCUT2D eigenvalue weighted by atomic mass is 79.9. The molecule has 0 aliphatic carbocycles. The van der Waals surface area contributed by atoms with Crippen LogP contribution in [-0.4, -0.2) is 40.3 Å². The summed E-state index contributed by atoms with van der Waals surface area (Å²) in [5, 5.41) is 19.0. The number of rotatable bonds is 7. The van der Waals surface area contributed by atoms with Crippen LogP contribution in [0.5, 0.6) is 11.5 Å². The second kappa shape index (κ2) is 8.49. The monoisotopic (exact) mass is 450 g/mol. The Bertz CT molecular complexity index is 1050. The Kier molecular flexibility index (Phi) is 6.33. The lowest BCUT2D eigenvalue weighted by atomic mass is 9.95. The van der Waals surface area contributed by atoms with Crippen LogP contribution in [-0.2, 0) is 0 Å². The molecule has 1 aromatic carbocycles. The Balaban J connectivity index is 2.92. The molecule has 0 aliphatic heterocycles. The molecule has 2 rings (SSSR count). The van der Waals surface area contributed by atoms with Crippen molar-refractivity contribution in [1.82, 2.24) is 4.98 Å². The Morgan fingerprint density at radius 1 is 1.21 bits per heavy atom. The van der Waals surface area contributed by atoms with Gasteiger partial charge in [0.25, 0.3) is 5.56 Å². The molecule has 0 radical (unpaired) electrons. The van der Waals surface area contributed by atoms with Gasteiger partial charge in [-0.05, 0) is 19.1 Å². The van der Waals surface area contributed by atoms with E-state index in [9.17, 15) is 24.6 Å². The average molecular weight is 451 g/mol. The number of halogens is 1. The molecule has 0 aliphatic rings. The fourth-order valence-electron chi connectivity index (χ4n) is 2.54. The van der Waals surface area contributed by atoms with Gasteiger partial charge < -0.3 is 30.4 Å². The number of hydrogen-bond donors (Lipinski definition) is 4. The molecule has 0 fully saturated rings. The van der Waals surface area contributed by atoms with Crippen molar-refractivity contribution in [3.8, 4) is 35.0 Å². The van der Waals surface area contributed by atoms with Crippen LogP contribution >= 0.6 is 15.9 Å². The topological polar surface area (TPSA) is 152 Å². The summed E-state index contributed by atoms with van der Waals surface area (Å²) in [4.78, 5) is 37.7. The highest BCUT2D eigenvalue weighted by Crippen LogP contribution is 2.41. The number of H-pyrrole nitrogens is 1. The minimum Gasteiger partial charge on any atom is -0.490 e. The van der Waals surface area contributed by atoms with Crippen LogP contribution in [0.4, 0.5) is 5.82 Å². The number of aromatic amines is 1. The summed E-state index contributed by atoms with van der Waals surface area (Å²) in [7, 11) is 0. The summed E-state index contributed by atoms with van der Waals surface area (Å²) in [5.41, 5.74) is 2.99. The van der Waals surface area contributed by atoms with Crippen molar-refractivity contribution < 1.29 is 29.3 Å². The standard InChI is InChI=1S/C18H15BrN2O7/c1-3-5-28-11-7-9(19)8(6-10(11)27-4-2)12-13(17(23)24)15(20)21-16(22)14(12)18(25)26/h1,6-7H,4-5H2,2H3,(H,23,24)(H,25,26)(H3,20,21,22). The number of ether oxygens (including phenoxy) is 2. The van der Waals surface area contributed by atoms with Crippen molar-refractivity contribution >= 4 is 33.7 Å². The number of terminal acetylenes is 1. The summed E-state index contributed by atoms with van der Waals surface area (Å²) in [5.74, 6) is -0.863. The van der Waals surface area contributed by atoms with Crippen LogP contribution in [0, 0.1) is 12.3 Å². The third-order valence-corrected chi connectivity index (χ3v) is 4.24. The molecule has 0 saturated carbocycles. The highest BCUT2D eigenvalue weighted by molar-refractivity contribution is 9.10. The molecule has 2 aromatic rings. The third kappa shape index (κ3) is 3.94. The molecular formula is C18H15BrN2O7. The Morgan fingerprint density at radius 2 is 1.82 bits per heavy atom. The number of nitrogen functional groups attached to an aromatic ring is 1. The maximum absolute atomic E-state index is 12.2. The largest absolute Gasteiger partial charge is 0.490 e. The Labute approximate surface area is 167 Å². The van der Waals surface area contributed by atoms with Crippen LogP contribution in [0.2, 0.25) is 0 Å². The summed E-state index contributed by atoms with van der Waals surface area (Å²) in [6.07, 6.45) is 5.19. The van der Waals surface area contributed by atoms with E-state index in [-0.39, 0.29) is 40.3 Å². The summed E-state index contributed by atoms with van der Waals surface area (Å²) in [6.45, 7) is 1.90. The van der Waals surface area contributed by atoms with Gasteiger partial charge in [-0.25, -0.2) is 9.59 Å². The molecule has 0 unspecified atom stereocenters. The van der Waals surface area contributed by atoms with Gasteiger partial charge in [-0.3, -0.25) is 4.79 Å². The Hall–Kier alpha value is -3.45. The number of benzene rings is 1. The average Bonchev–Trinajstić information content (AvgIpc) is 2.60. The van der Waals surface area contributed by atoms with E-state index in [1.807, 2.05) is 4.98 Å². The molecule has 0 saturated heterocycles. The third-order valence-electron chi connectivity index (χ3n) is 3.59. The molecule has 5 N–H and O–H groups in total. The van der Waals surface area contributed by atoms with E-state index >= 15 is 0 Å². The number of carboxylic acids is 2.